The van der Waals surface area contributed by atoms with Crippen LogP contribution in [0.5, 0.6) is 5.75 Å². The van der Waals surface area contributed by atoms with Gasteiger partial charge < -0.3 is 10.1 Å². The molecule has 0 unspecified atom stereocenters. The Bertz CT molecular complexity index is 1390. The van der Waals surface area contributed by atoms with E-state index in [9.17, 15) is 4.39 Å². The highest BCUT2D eigenvalue weighted by atomic mass is 35.5. The molecule has 1 N–H and O–H groups in total. The molecular weight excluding hydrogens is 450 g/mol. The van der Waals surface area contributed by atoms with Crippen molar-refractivity contribution >= 4 is 34.8 Å². The van der Waals surface area contributed by atoms with Gasteiger partial charge in [0.25, 0.3) is 0 Å². The second kappa shape index (κ2) is 7.36. The molecule has 3 heterocycles. The van der Waals surface area contributed by atoms with Crippen LogP contribution < -0.4 is 10.1 Å². The summed E-state index contributed by atoms with van der Waals surface area (Å²) in [4.78, 5) is 4.37. The number of fused-ring (bicyclic) bond motifs is 3. The number of hydrogen-bond donors (Lipinski definition) is 1. The minimum absolute atomic E-state index is 0.335. The average Bonchev–Trinajstić information content (AvgIpc) is 3.26. The quantitative estimate of drug-likeness (QED) is 0.379. The van der Waals surface area contributed by atoms with E-state index in [0.717, 1.165) is 22.4 Å². The van der Waals surface area contributed by atoms with Gasteiger partial charge in [0.1, 0.15) is 23.9 Å². The number of ether oxygens (including phenoxy) is 1. The van der Waals surface area contributed by atoms with Gasteiger partial charge in [0.2, 0.25) is 5.95 Å². The van der Waals surface area contributed by atoms with Crippen molar-refractivity contribution in [2.24, 2.45) is 0 Å². The standard InChI is InChI=1S/C24H15Cl2FN4O/c25-14-6-8-16(18(26)10-14)23-20-21(17-11-15(27)7-9-19(17)32-23)30-24-28-12-29-31(24)22(20)13-4-2-1-3-5-13/h1-12,22-23H,(H,28,29,30)/t22-,23+/m1/s1. The third-order valence-electron chi connectivity index (χ3n) is 5.74. The Labute approximate surface area is 193 Å². The number of benzene rings is 3. The van der Waals surface area contributed by atoms with E-state index in [2.05, 4.69) is 15.4 Å². The summed E-state index contributed by atoms with van der Waals surface area (Å²) in [6.07, 6.45) is 0.941. The Morgan fingerprint density at radius 1 is 1.00 bits per heavy atom. The zero-order valence-electron chi connectivity index (χ0n) is 16.5. The van der Waals surface area contributed by atoms with Crippen LogP contribution in [0.2, 0.25) is 10.0 Å². The summed E-state index contributed by atoms with van der Waals surface area (Å²) in [5.41, 5.74) is 3.96. The van der Waals surface area contributed by atoms with Gasteiger partial charge in [0.05, 0.1) is 5.70 Å². The van der Waals surface area contributed by atoms with Crippen LogP contribution in [0.3, 0.4) is 0 Å². The molecule has 3 aromatic carbocycles. The van der Waals surface area contributed by atoms with Crippen molar-refractivity contribution in [1.29, 1.82) is 0 Å². The number of nitrogens with zero attached hydrogens (tertiary/aromatic N) is 3. The van der Waals surface area contributed by atoms with Crippen LogP contribution in [0.1, 0.15) is 28.8 Å². The number of nitrogens with one attached hydrogen (secondary N) is 1. The number of anilines is 1. The zero-order chi connectivity index (χ0) is 21.8. The second-order valence-corrected chi connectivity index (χ2v) is 8.44. The van der Waals surface area contributed by atoms with Crippen molar-refractivity contribution in [2.45, 2.75) is 12.1 Å². The molecule has 0 bridgehead atoms. The summed E-state index contributed by atoms with van der Waals surface area (Å²) in [6.45, 7) is 0. The van der Waals surface area contributed by atoms with Crippen LogP contribution >= 0.6 is 23.2 Å². The molecule has 8 heteroatoms. The van der Waals surface area contributed by atoms with Gasteiger partial charge in [-0.2, -0.15) is 10.1 Å². The molecule has 0 amide bonds. The molecular formula is C24H15Cl2FN4O. The summed E-state index contributed by atoms with van der Waals surface area (Å²) in [7, 11) is 0. The minimum atomic E-state index is -0.553. The second-order valence-electron chi connectivity index (χ2n) is 7.60. The van der Waals surface area contributed by atoms with Gasteiger partial charge in [0, 0.05) is 26.7 Å². The van der Waals surface area contributed by atoms with Crippen molar-refractivity contribution < 1.29 is 9.13 Å². The highest BCUT2D eigenvalue weighted by Crippen LogP contribution is 2.51. The molecule has 0 fully saturated rings. The van der Waals surface area contributed by atoms with E-state index in [1.165, 1.54) is 18.5 Å². The molecule has 4 aromatic rings. The van der Waals surface area contributed by atoms with Crippen molar-refractivity contribution in [3.8, 4) is 5.75 Å². The Kier molecular flexibility index (Phi) is 4.45. The number of halogens is 3. The van der Waals surface area contributed by atoms with Gasteiger partial charge in [-0.25, -0.2) is 9.07 Å². The first kappa shape index (κ1) is 19.3. The fourth-order valence-corrected chi connectivity index (χ4v) is 4.88. The van der Waals surface area contributed by atoms with E-state index < -0.39 is 6.10 Å². The van der Waals surface area contributed by atoms with Crippen LogP contribution in [0.15, 0.2) is 78.6 Å². The Morgan fingerprint density at radius 3 is 2.66 bits per heavy atom. The summed E-state index contributed by atoms with van der Waals surface area (Å²) in [6, 6.07) is 19.4. The van der Waals surface area contributed by atoms with Crippen LogP contribution in [0.25, 0.3) is 5.70 Å². The Hall–Kier alpha value is -3.35. The summed E-state index contributed by atoms with van der Waals surface area (Å²) < 4.78 is 22.5. The predicted octanol–water partition coefficient (Wildman–Crippen LogP) is 6.28. The molecule has 5 nitrogen and oxygen atoms in total. The molecule has 158 valence electrons. The van der Waals surface area contributed by atoms with Gasteiger partial charge in [0.15, 0.2) is 6.10 Å². The first-order chi connectivity index (χ1) is 15.6. The Morgan fingerprint density at radius 2 is 1.84 bits per heavy atom. The predicted molar refractivity (Wildman–Crippen MR) is 121 cm³/mol. The molecule has 0 radical (unpaired) electrons. The van der Waals surface area contributed by atoms with Gasteiger partial charge in [-0.1, -0.05) is 59.6 Å². The maximum absolute atomic E-state index is 14.3. The summed E-state index contributed by atoms with van der Waals surface area (Å²) >= 11 is 12.8. The van der Waals surface area contributed by atoms with Crippen LogP contribution in [0, 0.1) is 5.82 Å². The van der Waals surface area contributed by atoms with Crippen molar-refractivity contribution in [2.75, 3.05) is 5.32 Å². The number of hydrogen-bond acceptors (Lipinski definition) is 4. The van der Waals surface area contributed by atoms with Crippen molar-refractivity contribution in [3.05, 3.63) is 111 Å². The van der Waals surface area contributed by atoms with E-state index in [1.54, 1.807) is 22.9 Å². The van der Waals surface area contributed by atoms with Gasteiger partial charge >= 0.3 is 0 Å². The fraction of sp³-hybridized carbons (Fsp3) is 0.0833. The normalized spacial score (nSPS) is 18.8. The molecule has 0 aliphatic carbocycles. The zero-order valence-corrected chi connectivity index (χ0v) is 18.0. The first-order valence-electron chi connectivity index (χ1n) is 9.97. The van der Waals surface area contributed by atoms with E-state index in [-0.39, 0.29) is 11.9 Å². The molecule has 2 aliphatic heterocycles. The number of aromatic nitrogens is 3. The topological polar surface area (TPSA) is 52.0 Å². The molecule has 6 rings (SSSR count). The van der Waals surface area contributed by atoms with E-state index in [4.69, 9.17) is 27.9 Å². The van der Waals surface area contributed by atoms with Crippen LogP contribution in [-0.4, -0.2) is 14.8 Å². The van der Waals surface area contributed by atoms with Crippen molar-refractivity contribution in [1.82, 2.24) is 14.8 Å². The average molecular weight is 465 g/mol. The molecule has 32 heavy (non-hydrogen) atoms. The molecule has 2 aliphatic rings. The van der Waals surface area contributed by atoms with Crippen molar-refractivity contribution in [3.63, 3.8) is 0 Å². The van der Waals surface area contributed by atoms with E-state index in [0.29, 0.717) is 27.3 Å². The van der Waals surface area contributed by atoms with Crippen LogP contribution in [-0.2, 0) is 0 Å². The van der Waals surface area contributed by atoms with Gasteiger partial charge in [-0.05, 0) is 35.9 Å². The fourth-order valence-electron chi connectivity index (χ4n) is 4.37. The summed E-state index contributed by atoms with van der Waals surface area (Å²) in [5.74, 6) is 0.761. The lowest BCUT2D eigenvalue weighted by Crippen LogP contribution is -2.32. The molecule has 0 saturated heterocycles. The third-order valence-corrected chi connectivity index (χ3v) is 6.30. The largest absolute Gasteiger partial charge is 0.480 e. The third kappa shape index (κ3) is 2.98. The van der Waals surface area contributed by atoms with E-state index >= 15 is 0 Å². The lowest BCUT2D eigenvalue weighted by molar-refractivity contribution is 0.223. The monoisotopic (exact) mass is 464 g/mol. The van der Waals surface area contributed by atoms with Gasteiger partial charge in [-0.3, -0.25) is 0 Å². The molecule has 1 aromatic heterocycles. The molecule has 0 spiro atoms. The first-order valence-corrected chi connectivity index (χ1v) is 10.7. The van der Waals surface area contributed by atoms with E-state index in [1.807, 2.05) is 36.4 Å². The lowest BCUT2D eigenvalue weighted by Gasteiger charge is -2.39. The van der Waals surface area contributed by atoms with Gasteiger partial charge in [-0.15, -0.1) is 0 Å². The lowest BCUT2D eigenvalue weighted by atomic mass is 9.84. The maximum atomic E-state index is 14.3. The Balaban J connectivity index is 1.65. The minimum Gasteiger partial charge on any atom is -0.480 e. The maximum Gasteiger partial charge on any atom is 0.226 e. The SMILES string of the molecule is Fc1ccc2c(c1)C1=C([C@H](c3ccc(Cl)cc3Cl)O2)[C@@H](c2ccccc2)n2ncnc2N1. The molecule has 2 atom stereocenters. The highest BCUT2D eigenvalue weighted by molar-refractivity contribution is 6.35. The molecule has 0 saturated carbocycles. The smallest absolute Gasteiger partial charge is 0.226 e. The number of rotatable bonds is 2. The summed E-state index contributed by atoms with van der Waals surface area (Å²) in [5, 5.41) is 8.83. The van der Waals surface area contributed by atoms with Crippen LogP contribution in [0.4, 0.5) is 10.3 Å². The highest BCUT2D eigenvalue weighted by Gasteiger charge is 2.41.